The fraction of sp³-hybridized carbons (Fsp3) is 0.421. The molecule has 10 heteroatoms. The first kappa shape index (κ1) is 20.0. The first-order valence-electron chi connectivity index (χ1n) is 9.18. The second kappa shape index (κ2) is 7.49. The molecule has 0 saturated carbocycles. The quantitative estimate of drug-likeness (QED) is 0.428. The number of aryl methyl sites for hydroxylation is 2. The van der Waals surface area contributed by atoms with E-state index in [1.165, 1.54) is 11.8 Å². The van der Waals surface area contributed by atoms with Crippen molar-refractivity contribution < 1.29 is 22.0 Å². The summed E-state index contributed by atoms with van der Waals surface area (Å²) >= 11 is 1.18. The van der Waals surface area contributed by atoms with Crippen molar-refractivity contribution in [3.8, 4) is 11.5 Å². The predicted octanol–water partition coefficient (Wildman–Crippen LogP) is 3.39. The fourth-order valence-electron chi connectivity index (χ4n) is 3.79. The number of hydrogen-bond acceptors (Lipinski definition) is 8. The lowest BCUT2D eigenvalue weighted by molar-refractivity contribution is 0.102. The molecule has 3 aromatic heterocycles. The largest absolute Gasteiger partial charge is 0.469 e. The topological polar surface area (TPSA) is 108 Å². The Morgan fingerprint density at radius 1 is 1.31 bits per heavy atom. The molecule has 8 nitrogen and oxygen atoms in total. The summed E-state index contributed by atoms with van der Waals surface area (Å²) in [6, 6.07) is 3.48. The maximum atomic E-state index is 12.8. The molecule has 0 amide bonds. The lowest BCUT2D eigenvalue weighted by atomic mass is 10.2. The van der Waals surface area contributed by atoms with Crippen LogP contribution in [0.1, 0.15) is 40.0 Å². The van der Waals surface area contributed by atoms with Gasteiger partial charge in [0.05, 0.1) is 29.1 Å². The average Bonchev–Trinajstić information content (AvgIpc) is 3.41. The van der Waals surface area contributed by atoms with E-state index in [1.807, 2.05) is 24.5 Å². The van der Waals surface area contributed by atoms with E-state index in [2.05, 4.69) is 10.2 Å². The van der Waals surface area contributed by atoms with E-state index in [1.54, 1.807) is 19.3 Å². The van der Waals surface area contributed by atoms with Gasteiger partial charge in [-0.25, -0.2) is 8.42 Å². The van der Waals surface area contributed by atoms with Crippen LogP contribution in [0.3, 0.4) is 0 Å². The Morgan fingerprint density at radius 2 is 2.10 bits per heavy atom. The van der Waals surface area contributed by atoms with E-state index in [-0.39, 0.29) is 29.1 Å². The van der Waals surface area contributed by atoms with Gasteiger partial charge in [-0.2, -0.15) is 0 Å². The SMILES string of the molecule is Cc1occc1-c1nnc(SCC(=O)c2cc(C)n(C3CCS(=O)(=O)C3)c2C)o1. The molecule has 1 saturated heterocycles. The molecule has 4 heterocycles. The van der Waals surface area contributed by atoms with E-state index >= 15 is 0 Å². The number of Topliss-reactive ketones (excluding diaryl/α,β-unsaturated/α-hetero) is 1. The number of furan rings is 1. The third-order valence-electron chi connectivity index (χ3n) is 5.18. The molecule has 0 aliphatic carbocycles. The summed E-state index contributed by atoms with van der Waals surface area (Å²) in [5.41, 5.74) is 3.03. The van der Waals surface area contributed by atoms with Crippen LogP contribution in [0, 0.1) is 20.8 Å². The number of nitrogens with zero attached hydrogens (tertiary/aromatic N) is 3. The molecule has 0 N–H and O–H groups in total. The molecular formula is C19H21N3O5S2. The standard InChI is InChI=1S/C19H21N3O5S2/c1-11-8-16(12(2)22(11)14-5-7-29(24,25)10-14)17(23)9-28-19-21-20-18(27-19)15-4-6-26-13(15)3/h4,6,8,14H,5,7,9-10H2,1-3H3. The maximum absolute atomic E-state index is 12.8. The highest BCUT2D eigenvalue weighted by Crippen LogP contribution is 2.31. The van der Waals surface area contributed by atoms with Crippen LogP contribution < -0.4 is 0 Å². The minimum Gasteiger partial charge on any atom is -0.469 e. The zero-order valence-electron chi connectivity index (χ0n) is 16.3. The fourth-order valence-corrected chi connectivity index (χ4v) is 6.14. The average molecular weight is 436 g/mol. The zero-order valence-corrected chi connectivity index (χ0v) is 18.0. The van der Waals surface area contributed by atoms with Crippen molar-refractivity contribution in [1.82, 2.24) is 14.8 Å². The van der Waals surface area contributed by atoms with Crippen molar-refractivity contribution >= 4 is 27.4 Å². The molecule has 1 fully saturated rings. The number of rotatable bonds is 6. The summed E-state index contributed by atoms with van der Waals surface area (Å²) in [7, 11) is -3.00. The summed E-state index contributed by atoms with van der Waals surface area (Å²) in [4.78, 5) is 12.8. The Bertz CT molecular complexity index is 1170. The third kappa shape index (κ3) is 3.91. The first-order chi connectivity index (χ1) is 13.7. The van der Waals surface area contributed by atoms with Gasteiger partial charge in [0.1, 0.15) is 5.76 Å². The summed E-state index contributed by atoms with van der Waals surface area (Å²) in [6.45, 7) is 5.57. The van der Waals surface area contributed by atoms with E-state index in [4.69, 9.17) is 8.83 Å². The Labute approximate surface area is 172 Å². The van der Waals surface area contributed by atoms with E-state index < -0.39 is 9.84 Å². The zero-order chi connectivity index (χ0) is 20.8. The summed E-state index contributed by atoms with van der Waals surface area (Å²) < 4.78 is 36.5. The van der Waals surface area contributed by atoms with Crippen molar-refractivity contribution in [1.29, 1.82) is 0 Å². The molecule has 3 aromatic rings. The van der Waals surface area contributed by atoms with Crippen molar-refractivity contribution in [2.75, 3.05) is 17.3 Å². The van der Waals surface area contributed by atoms with Gasteiger partial charge in [0.25, 0.3) is 11.1 Å². The summed E-state index contributed by atoms with van der Waals surface area (Å²) in [6.07, 6.45) is 2.13. The lowest BCUT2D eigenvalue weighted by Crippen LogP contribution is -2.14. The van der Waals surface area contributed by atoms with Gasteiger partial charge in [0, 0.05) is 23.0 Å². The van der Waals surface area contributed by atoms with E-state index in [0.717, 1.165) is 17.0 Å². The highest BCUT2D eigenvalue weighted by atomic mass is 32.2. The molecule has 0 bridgehead atoms. The van der Waals surface area contributed by atoms with Gasteiger partial charge in [0.15, 0.2) is 15.6 Å². The normalized spacial score (nSPS) is 18.4. The van der Waals surface area contributed by atoms with Crippen molar-refractivity contribution in [2.45, 2.75) is 38.5 Å². The number of thioether (sulfide) groups is 1. The molecule has 0 spiro atoms. The predicted molar refractivity (Wildman–Crippen MR) is 108 cm³/mol. The molecule has 0 aromatic carbocycles. The number of carbonyl (C=O) groups excluding carboxylic acids is 1. The molecule has 1 aliphatic heterocycles. The van der Waals surface area contributed by atoms with Gasteiger partial charge in [0.2, 0.25) is 0 Å². The maximum Gasteiger partial charge on any atom is 0.277 e. The van der Waals surface area contributed by atoms with Crippen LogP contribution in [0.5, 0.6) is 0 Å². The van der Waals surface area contributed by atoms with Gasteiger partial charge in [-0.1, -0.05) is 11.8 Å². The molecule has 1 unspecified atom stereocenters. The molecule has 1 aliphatic rings. The number of carbonyl (C=O) groups is 1. The Morgan fingerprint density at radius 3 is 2.76 bits per heavy atom. The number of sulfone groups is 1. The highest BCUT2D eigenvalue weighted by Gasteiger charge is 2.31. The Balaban J connectivity index is 1.46. The van der Waals surface area contributed by atoms with E-state index in [0.29, 0.717) is 28.9 Å². The molecule has 154 valence electrons. The van der Waals surface area contributed by atoms with Crippen LogP contribution in [-0.4, -0.2) is 46.2 Å². The summed E-state index contributed by atoms with van der Waals surface area (Å²) in [5.74, 6) is 1.45. The first-order valence-corrected chi connectivity index (χ1v) is 12.0. The van der Waals surface area contributed by atoms with Gasteiger partial charge in [-0.3, -0.25) is 4.79 Å². The Hall–Kier alpha value is -2.33. The second-order valence-electron chi connectivity index (χ2n) is 7.19. The monoisotopic (exact) mass is 435 g/mol. The Kier molecular flexibility index (Phi) is 5.16. The van der Waals surface area contributed by atoms with E-state index in [9.17, 15) is 13.2 Å². The van der Waals surface area contributed by atoms with Crippen LogP contribution in [0.2, 0.25) is 0 Å². The molecular weight excluding hydrogens is 414 g/mol. The van der Waals surface area contributed by atoms with Crippen LogP contribution in [0.25, 0.3) is 11.5 Å². The van der Waals surface area contributed by atoms with Crippen LogP contribution in [0.4, 0.5) is 0 Å². The highest BCUT2D eigenvalue weighted by molar-refractivity contribution is 7.99. The van der Waals surface area contributed by atoms with Crippen LogP contribution in [0.15, 0.2) is 32.5 Å². The van der Waals surface area contributed by atoms with Gasteiger partial charge >= 0.3 is 0 Å². The lowest BCUT2D eigenvalue weighted by Gasteiger charge is -2.16. The minimum absolute atomic E-state index is 0.0607. The number of hydrogen-bond donors (Lipinski definition) is 0. The van der Waals surface area contributed by atoms with Gasteiger partial charge in [-0.05, 0) is 39.3 Å². The minimum atomic E-state index is -3.00. The second-order valence-corrected chi connectivity index (χ2v) is 10.3. The van der Waals surface area contributed by atoms with Crippen LogP contribution >= 0.6 is 11.8 Å². The van der Waals surface area contributed by atoms with Crippen molar-refractivity contribution in [3.63, 3.8) is 0 Å². The third-order valence-corrected chi connectivity index (χ3v) is 7.75. The number of ketones is 1. The number of aromatic nitrogens is 3. The summed E-state index contributed by atoms with van der Waals surface area (Å²) in [5, 5.41) is 8.30. The van der Waals surface area contributed by atoms with Gasteiger partial charge in [-0.15, -0.1) is 10.2 Å². The molecule has 1 atom stereocenters. The van der Waals surface area contributed by atoms with Gasteiger partial charge < -0.3 is 13.4 Å². The van der Waals surface area contributed by atoms with Crippen LogP contribution in [-0.2, 0) is 9.84 Å². The molecule has 0 radical (unpaired) electrons. The molecule has 29 heavy (non-hydrogen) atoms. The smallest absolute Gasteiger partial charge is 0.277 e. The van der Waals surface area contributed by atoms with Crippen molar-refractivity contribution in [3.05, 3.63) is 41.1 Å². The molecule has 4 rings (SSSR count). The van der Waals surface area contributed by atoms with Crippen molar-refractivity contribution in [2.24, 2.45) is 0 Å².